The van der Waals surface area contributed by atoms with Crippen LogP contribution in [0.15, 0.2) is 54.9 Å². The second-order valence-electron chi connectivity index (χ2n) is 8.79. The minimum absolute atomic E-state index is 0.0713. The fourth-order valence-corrected chi connectivity index (χ4v) is 4.60. The average Bonchev–Trinajstić information content (AvgIpc) is 3.32. The summed E-state index contributed by atoms with van der Waals surface area (Å²) in [5.41, 5.74) is 6.95. The van der Waals surface area contributed by atoms with Gasteiger partial charge in [-0.3, -0.25) is 23.9 Å². The molecule has 1 aliphatic rings. The normalized spacial score (nSPS) is 15.9. The van der Waals surface area contributed by atoms with Crippen LogP contribution in [0.5, 0.6) is 0 Å². The molecule has 36 heavy (non-hydrogen) atoms. The molecule has 1 atom stereocenters. The highest BCUT2D eigenvalue weighted by Crippen LogP contribution is 2.21. The zero-order valence-corrected chi connectivity index (χ0v) is 20.8. The van der Waals surface area contributed by atoms with Gasteiger partial charge in [0, 0.05) is 30.5 Å². The molecule has 0 bridgehead atoms. The molecular formula is C26H29ClN6O3. The summed E-state index contributed by atoms with van der Waals surface area (Å²) in [5.74, 6) is -1.55. The number of hydrogen-bond acceptors (Lipinski definition) is 5. The van der Waals surface area contributed by atoms with Gasteiger partial charge >= 0.3 is 0 Å². The number of likely N-dealkylation sites (tertiary alicyclic amines) is 1. The number of imidazole rings is 1. The third-order valence-electron chi connectivity index (χ3n) is 6.36. The van der Waals surface area contributed by atoms with E-state index >= 15 is 0 Å². The van der Waals surface area contributed by atoms with E-state index in [4.69, 9.17) is 17.3 Å². The number of rotatable bonds is 8. The number of nitrogens with two attached hydrogens (primary N) is 1. The number of aromatic nitrogens is 2. The first-order chi connectivity index (χ1) is 17.3. The van der Waals surface area contributed by atoms with E-state index in [1.54, 1.807) is 48.5 Å². The zero-order valence-electron chi connectivity index (χ0n) is 20.0. The molecule has 188 valence electrons. The highest BCUT2D eigenvalue weighted by Gasteiger charge is 2.24. The van der Waals surface area contributed by atoms with Crippen LogP contribution < -0.4 is 16.4 Å². The van der Waals surface area contributed by atoms with Gasteiger partial charge in [-0.15, -0.1) is 0 Å². The van der Waals surface area contributed by atoms with Crippen LogP contribution in [0.4, 0.5) is 5.69 Å². The quantitative estimate of drug-likeness (QED) is 0.430. The third-order valence-corrected chi connectivity index (χ3v) is 6.69. The van der Waals surface area contributed by atoms with Gasteiger partial charge in [0.15, 0.2) is 5.69 Å². The first-order valence-electron chi connectivity index (χ1n) is 11.9. The number of nitrogens with one attached hydrogen (secondary N) is 2. The SMILES string of the molecule is CC1CCCCN1CCNC(=O)c1c(C(N)=O)ncn1-c1ccc(NC(=O)c2ccccc2Cl)cc1. The fourth-order valence-electron chi connectivity index (χ4n) is 4.38. The second kappa shape index (κ2) is 11.4. The van der Waals surface area contributed by atoms with Crippen LogP contribution in [-0.4, -0.2) is 57.8 Å². The van der Waals surface area contributed by atoms with Crippen molar-refractivity contribution >= 4 is 35.0 Å². The Labute approximate surface area is 214 Å². The lowest BCUT2D eigenvalue weighted by Gasteiger charge is -2.33. The Morgan fingerprint density at radius 1 is 1.08 bits per heavy atom. The zero-order chi connectivity index (χ0) is 25.7. The number of nitrogens with zero attached hydrogens (tertiary/aromatic N) is 3. The van der Waals surface area contributed by atoms with E-state index in [9.17, 15) is 14.4 Å². The molecule has 3 amide bonds. The Kier molecular flexibility index (Phi) is 8.02. The first kappa shape index (κ1) is 25.4. The van der Waals surface area contributed by atoms with Crippen molar-refractivity contribution in [2.24, 2.45) is 5.73 Å². The number of carbonyl (C=O) groups excluding carboxylic acids is 3. The molecule has 9 nitrogen and oxygen atoms in total. The summed E-state index contributed by atoms with van der Waals surface area (Å²) in [4.78, 5) is 44.0. The number of benzene rings is 2. The summed E-state index contributed by atoms with van der Waals surface area (Å²) in [6, 6.07) is 14.1. The lowest BCUT2D eigenvalue weighted by Crippen LogP contribution is -2.42. The van der Waals surface area contributed by atoms with Crippen LogP contribution in [0.25, 0.3) is 5.69 Å². The van der Waals surface area contributed by atoms with Gasteiger partial charge in [-0.25, -0.2) is 4.98 Å². The summed E-state index contributed by atoms with van der Waals surface area (Å²) >= 11 is 6.10. The minimum atomic E-state index is -0.785. The standard InChI is InChI=1S/C26H29ClN6O3/c1-17-6-4-5-14-32(17)15-13-29-26(36)23-22(24(28)34)30-16-33(23)19-11-9-18(10-12-19)31-25(35)20-7-2-3-8-21(20)27/h2-3,7-12,16-17H,4-6,13-15H2,1H3,(H2,28,34)(H,29,36)(H,31,35). The van der Waals surface area contributed by atoms with Crippen LogP contribution >= 0.6 is 11.6 Å². The van der Waals surface area contributed by atoms with E-state index < -0.39 is 11.8 Å². The van der Waals surface area contributed by atoms with Crippen LogP contribution in [0.1, 0.15) is 57.5 Å². The summed E-state index contributed by atoms with van der Waals surface area (Å²) in [6.45, 7) is 4.38. The fraction of sp³-hybridized carbons (Fsp3) is 0.308. The molecule has 1 fully saturated rings. The maximum atomic E-state index is 13.1. The number of halogens is 1. The van der Waals surface area contributed by atoms with Crippen molar-refractivity contribution in [1.82, 2.24) is 19.8 Å². The molecule has 1 aromatic heterocycles. The Bertz CT molecular complexity index is 1260. The van der Waals surface area contributed by atoms with E-state index in [-0.39, 0.29) is 17.3 Å². The first-order valence-corrected chi connectivity index (χ1v) is 12.3. The lowest BCUT2D eigenvalue weighted by atomic mass is 10.0. The van der Waals surface area contributed by atoms with Crippen molar-refractivity contribution in [3.8, 4) is 5.69 Å². The van der Waals surface area contributed by atoms with Crippen molar-refractivity contribution < 1.29 is 14.4 Å². The van der Waals surface area contributed by atoms with Gasteiger partial charge in [0.25, 0.3) is 17.7 Å². The number of amides is 3. The highest BCUT2D eigenvalue weighted by atomic mass is 35.5. The number of primary amides is 1. The van der Waals surface area contributed by atoms with Crippen LogP contribution in [0.2, 0.25) is 5.02 Å². The molecule has 1 saturated heterocycles. The second-order valence-corrected chi connectivity index (χ2v) is 9.20. The average molecular weight is 509 g/mol. The Morgan fingerprint density at radius 2 is 1.83 bits per heavy atom. The molecule has 4 N–H and O–H groups in total. The molecule has 1 aliphatic heterocycles. The topological polar surface area (TPSA) is 122 Å². The van der Waals surface area contributed by atoms with Gasteiger partial charge in [0.2, 0.25) is 0 Å². The minimum Gasteiger partial charge on any atom is -0.364 e. The van der Waals surface area contributed by atoms with Gasteiger partial charge in [0.05, 0.1) is 10.6 Å². The summed E-state index contributed by atoms with van der Waals surface area (Å²) in [5, 5.41) is 6.05. The van der Waals surface area contributed by atoms with Crippen molar-refractivity contribution in [1.29, 1.82) is 0 Å². The Balaban J connectivity index is 1.48. The van der Waals surface area contributed by atoms with E-state index in [1.807, 2.05) is 0 Å². The smallest absolute Gasteiger partial charge is 0.270 e. The third kappa shape index (κ3) is 5.75. The predicted molar refractivity (Wildman–Crippen MR) is 139 cm³/mol. The molecule has 2 heterocycles. The maximum absolute atomic E-state index is 13.1. The Morgan fingerprint density at radius 3 is 2.53 bits per heavy atom. The van der Waals surface area contributed by atoms with Crippen LogP contribution in [0.3, 0.4) is 0 Å². The van der Waals surface area contributed by atoms with Gasteiger partial charge < -0.3 is 16.4 Å². The molecular weight excluding hydrogens is 480 g/mol. The van der Waals surface area contributed by atoms with Gasteiger partial charge in [-0.1, -0.05) is 30.2 Å². The van der Waals surface area contributed by atoms with Crippen molar-refractivity contribution in [3.05, 3.63) is 76.8 Å². The highest BCUT2D eigenvalue weighted by molar-refractivity contribution is 6.34. The number of carbonyl (C=O) groups is 3. The molecule has 0 radical (unpaired) electrons. The van der Waals surface area contributed by atoms with Crippen LogP contribution in [-0.2, 0) is 0 Å². The van der Waals surface area contributed by atoms with Crippen molar-refractivity contribution in [2.75, 3.05) is 25.0 Å². The summed E-state index contributed by atoms with van der Waals surface area (Å²) in [6.07, 6.45) is 4.93. The van der Waals surface area contributed by atoms with Crippen molar-refractivity contribution in [3.63, 3.8) is 0 Å². The molecule has 3 aromatic rings. The molecule has 0 spiro atoms. The van der Waals surface area contributed by atoms with E-state index in [0.29, 0.717) is 34.5 Å². The van der Waals surface area contributed by atoms with Crippen LogP contribution in [0, 0.1) is 0 Å². The Hall–Kier alpha value is -3.69. The molecule has 10 heteroatoms. The lowest BCUT2D eigenvalue weighted by molar-refractivity contribution is 0.0916. The van der Waals surface area contributed by atoms with Gasteiger partial charge in [-0.2, -0.15) is 0 Å². The number of piperidine rings is 1. The predicted octanol–water partition coefficient (Wildman–Crippen LogP) is 3.48. The molecule has 0 aliphatic carbocycles. The maximum Gasteiger partial charge on any atom is 0.270 e. The summed E-state index contributed by atoms with van der Waals surface area (Å²) in [7, 11) is 0. The molecule has 1 unspecified atom stereocenters. The molecule has 4 rings (SSSR count). The summed E-state index contributed by atoms with van der Waals surface area (Å²) < 4.78 is 1.51. The van der Waals surface area contributed by atoms with Crippen molar-refractivity contribution in [2.45, 2.75) is 32.2 Å². The number of hydrogen-bond donors (Lipinski definition) is 3. The van der Waals surface area contributed by atoms with Gasteiger partial charge in [-0.05, 0) is 62.7 Å². The van der Waals surface area contributed by atoms with Gasteiger partial charge in [0.1, 0.15) is 12.0 Å². The van der Waals surface area contributed by atoms with E-state index in [2.05, 4.69) is 27.4 Å². The largest absolute Gasteiger partial charge is 0.364 e. The number of anilines is 1. The monoisotopic (exact) mass is 508 g/mol. The van der Waals surface area contributed by atoms with E-state index in [0.717, 1.165) is 25.9 Å². The molecule has 0 saturated carbocycles. The molecule has 2 aromatic carbocycles. The van der Waals surface area contributed by atoms with E-state index in [1.165, 1.54) is 17.3 Å².